The zero-order valence-corrected chi connectivity index (χ0v) is 18.6. The number of rotatable bonds is 4. The summed E-state index contributed by atoms with van der Waals surface area (Å²) in [6, 6.07) is 9.14. The molecule has 10 heteroatoms. The number of fused-ring (bicyclic) bond motifs is 1. The second kappa shape index (κ2) is 10.9. The first-order chi connectivity index (χ1) is 15.8. The zero-order valence-electron chi connectivity index (χ0n) is 17.8. The molecule has 0 spiro atoms. The number of aromatic amines is 1. The van der Waals surface area contributed by atoms with Gasteiger partial charge in [-0.3, -0.25) is 14.4 Å². The third-order valence-electron chi connectivity index (χ3n) is 5.08. The second-order valence-electron chi connectivity index (χ2n) is 7.20. The molecule has 1 fully saturated rings. The third-order valence-corrected chi connectivity index (χ3v) is 5.39. The molecule has 2 aromatic carbocycles. The first kappa shape index (κ1) is 24.2. The average Bonchev–Trinajstić information content (AvgIpc) is 2.81. The minimum Gasteiger partial charge on any atom is -0.481 e. The van der Waals surface area contributed by atoms with E-state index in [1.54, 1.807) is 42.3 Å². The molecule has 1 aliphatic rings. The highest BCUT2D eigenvalue weighted by Gasteiger charge is 2.24. The minimum atomic E-state index is -0.700. The van der Waals surface area contributed by atoms with Gasteiger partial charge < -0.3 is 25.1 Å². The van der Waals surface area contributed by atoms with Crippen molar-refractivity contribution in [1.82, 2.24) is 9.88 Å². The molecule has 0 saturated carbocycles. The maximum absolute atomic E-state index is 13.4. The third kappa shape index (κ3) is 5.68. The number of pyridine rings is 1. The summed E-state index contributed by atoms with van der Waals surface area (Å²) in [6.07, 6.45) is 1.10. The maximum Gasteiger partial charge on any atom is 0.263 e. The molecular formula is C23H23ClFN3O5. The van der Waals surface area contributed by atoms with E-state index in [0.717, 1.165) is 0 Å². The van der Waals surface area contributed by atoms with E-state index in [2.05, 4.69) is 10.7 Å². The van der Waals surface area contributed by atoms with E-state index in [1.807, 2.05) is 0 Å². The number of ether oxygens (including phenoxy) is 2. The van der Waals surface area contributed by atoms with Gasteiger partial charge in [0.05, 0.1) is 23.6 Å². The number of carbonyl (C=O) groups is 2. The van der Waals surface area contributed by atoms with Crippen molar-refractivity contribution >= 4 is 34.7 Å². The van der Waals surface area contributed by atoms with Crippen LogP contribution in [0.25, 0.3) is 21.9 Å². The molecule has 33 heavy (non-hydrogen) atoms. The molecule has 2 heterocycles. The van der Waals surface area contributed by atoms with Gasteiger partial charge in [-0.05, 0) is 48.7 Å². The van der Waals surface area contributed by atoms with E-state index in [9.17, 15) is 14.0 Å². The molecule has 3 aromatic rings. The van der Waals surface area contributed by atoms with Crippen molar-refractivity contribution < 1.29 is 23.5 Å². The molecule has 174 valence electrons. The van der Waals surface area contributed by atoms with Crippen LogP contribution in [0.3, 0.4) is 0 Å². The van der Waals surface area contributed by atoms with E-state index in [4.69, 9.17) is 25.9 Å². The molecule has 1 aromatic heterocycles. The van der Waals surface area contributed by atoms with Gasteiger partial charge in [-0.25, -0.2) is 4.39 Å². The van der Waals surface area contributed by atoms with E-state index in [1.165, 1.54) is 12.1 Å². The van der Waals surface area contributed by atoms with Gasteiger partial charge in [0.25, 0.3) is 11.5 Å². The number of hydrogen-bond donors (Lipinski definition) is 2. The lowest BCUT2D eigenvalue weighted by Crippen LogP contribution is -2.46. The zero-order chi connectivity index (χ0) is 24.0. The van der Waals surface area contributed by atoms with Crippen LogP contribution in [0.15, 0.2) is 47.4 Å². The van der Waals surface area contributed by atoms with Crippen LogP contribution >= 0.6 is 11.6 Å². The number of nitrogens with one attached hydrogen (secondary N) is 1. The quantitative estimate of drug-likeness (QED) is 0.563. The Bertz CT molecular complexity index is 1210. The van der Waals surface area contributed by atoms with E-state index < -0.39 is 11.9 Å². The number of H-pyrrole nitrogens is 1. The minimum absolute atomic E-state index is 0.126. The predicted octanol–water partition coefficient (Wildman–Crippen LogP) is 2.72. The molecule has 0 bridgehead atoms. The van der Waals surface area contributed by atoms with Crippen molar-refractivity contribution in [3.05, 3.63) is 63.8 Å². The SMILES string of the molecule is CC(Oc1ccc2c(-c3ccc(F)cc3Cl)c[nH]c(=O)c2c1)C(=O)N1CCOCC1.NC=O. The lowest BCUT2D eigenvalue weighted by atomic mass is 10.0. The molecule has 1 atom stereocenters. The van der Waals surface area contributed by atoms with Crippen LogP contribution < -0.4 is 16.0 Å². The molecule has 1 unspecified atom stereocenters. The van der Waals surface area contributed by atoms with Gasteiger partial charge in [0.2, 0.25) is 6.41 Å². The Kier molecular flexibility index (Phi) is 8.02. The summed E-state index contributed by atoms with van der Waals surface area (Å²) >= 11 is 6.21. The van der Waals surface area contributed by atoms with E-state index >= 15 is 0 Å². The Hall–Kier alpha value is -3.43. The lowest BCUT2D eigenvalue weighted by Gasteiger charge is -2.29. The first-order valence-corrected chi connectivity index (χ1v) is 10.5. The fourth-order valence-electron chi connectivity index (χ4n) is 3.54. The van der Waals surface area contributed by atoms with Crippen LogP contribution in [0.5, 0.6) is 5.75 Å². The number of amides is 2. The van der Waals surface area contributed by atoms with Crippen LogP contribution in [0.1, 0.15) is 6.92 Å². The Balaban J connectivity index is 0.000000968. The molecular weight excluding hydrogens is 453 g/mol. The van der Waals surface area contributed by atoms with Gasteiger partial charge in [0.1, 0.15) is 11.6 Å². The number of hydrogen-bond acceptors (Lipinski definition) is 5. The molecule has 2 amide bonds. The highest BCUT2D eigenvalue weighted by molar-refractivity contribution is 6.33. The van der Waals surface area contributed by atoms with Crippen LogP contribution in [0, 0.1) is 5.82 Å². The number of benzene rings is 2. The van der Waals surface area contributed by atoms with Crippen molar-refractivity contribution in [3.8, 4) is 16.9 Å². The Morgan fingerprint density at radius 2 is 1.91 bits per heavy atom. The predicted molar refractivity (Wildman–Crippen MR) is 123 cm³/mol. The van der Waals surface area contributed by atoms with Crippen LogP contribution in [0.4, 0.5) is 4.39 Å². The first-order valence-electron chi connectivity index (χ1n) is 10.1. The summed E-state index contributed by atoms with van der Waals surface area (Å²) in [4.78, 5) is 38.0. The van der Waals surface area contributed by atoms with Gasteiger partial charge in [0, 0.05) is 30.4 Å². The number of halogens is 2. The van der Waals surface area contributed by atoms with Gasteiger partial charge in [-0.2, -0.15) is 0 Å². The number of carbonyl (C=O) groups excluding carboxylic acids is 2. The summed E-state index contributed by atoms with van der Waals surface area (Å²) < 4.78 is 24.5. The van der Waals surface area contributed by atoms with Crippen molar-refractivity contribution in [1.29, 1.82) is 0 Å². The highest BCUT2D eigenvalue weighted by atomic mass is 35.5. The van der Waals surface area contributed by atoms with Crippen molar-refractivity contribution in [3.63, 3.8) is 0 Å². The Morgan fingerprint density at radius 1 is 1.21 bits per heavy atom. The van der Waals surface area contributed by atoms with Gasteiger partial charge in [-0.1, -0.05) is 11.6 Å². The average molecular weight is 476 g/mol. The number of nitrogens with zero attached hydrogens (tertiary/aromatic N) is 1. The number of nitrogens with two attached hydrogens (primary N) is 1. The summed E-state index contributed by atoms with van der Waals surface area (Å²) in [7, 11) is 0. The van der Waals surface area contributed by atoms with Crippen LogP contribution in [-0.2, 0) is 14.3 Å². The summed E-state index contributed by atoms with van der Waals surface area (Å²) in [5.41, 5.74) is 5.13. The summed E-state index contributed by atoms with van der Waals surface area (Å²) in [5.74, 6) is -0.157. The Morgan fingerprint density at radius 3 is 2.58 bits per heavy atom. The molecule has 8 nitrogen and oxygen atoms in total. The van der Waals surface area contributed by atoms with Crippen molar-refractivity contribution in [2.45, 2.75) is 13.0 Å². The molecule has 0 radical (unpaired) electrons. The molecule has 4 rings (SSSR count). The van der Waals surface area contributed by atoms with Crippen molar-refractivity contribution in [2.75, 3.05) is 26.3 Å². The highest BCUT2D eigenvalue weighted by Crippen LogP contribution is 2.33. The fraction of sp³-hybridized carbons (Fsp3) is 0.261. The van der Waals surface area contributed by atoms with Gasteiger partial charge in [-0.15, -0.1) is 0 Å². The topological polar surface area (TPSA) is 115 Å². The van der Waals surface area contributed by atoms with E-state index in [-0.39, 0.29) is 22.9 Å². The molecule has 1 saturated heterocycles. The molecule has 3 N–H and O–H groups in total. The monoisotopic (exact) mass is 475 g/mol. The van der Waals surface area contributed by atoms with Crippen molar-refractivity contribution in [2.24, 2.45) is 5.73 Å². The smallest absolute Gasteiger partial charge is 0.263 e. The second-order valence-corrected chi connectivity index (χ2v) is 7.60. The summed E-state index contributed by atoms with van der Waals surface area (Å²) in [6.45, 7) is 3.77. The number of morpholine rings is 1. The van der Waals surface area contributed by atoms with Gasteiger partial charge in [0.15, 0.2) is 6.10 Å². The lowest BCUT2D eigenvalue weighted by molar-refractivity contribution is -0.142. The standard InChI is InChI=1S/C22H20ClFN2O4.CH3NO/c1-13(22(28)26-6-8-29-9-7-26)30-15-3-5-16-18(11-15)21(27)25-12-19(16)17-4-2-14(24)10-20(17)23;2-1-3/h2-5,10-13H,6-9H2,1H3,(H,25,27);1H,(H2,2,3). The van der Waals surface area contributed by atoms with E-state index in [0.29, 0.717) is 54.0 Å². The molecule has 0 aliphatic carbocycles. The number of aromatic nitrogens is 1. The summed E-state index contributed by atoms with van der Waals surface area (Å²) in [5, 5.41) is 1.27. The largest absolute Gasteiger partial charge is 0.481 e. The van der Waals surface area contributed by atoms with Crippen LogP contribution in [0.2, 0.25) is 5.02 Å². The van der Waals surface area contributed by atoms with Gasteiger partial charge >= 0.3 is 0 Å². The fourth-order valence-corrected chi connectivity index (χ4v) is 3.81. The number of primary amides is 1. The maximum atomic E-state index is 13.4. The van der Waals surface area contributed by atoms with Crippen LogP contribution in [-0.4, -0.2) is 54.6 Å². The molecule has 1 aliphatic heterocycles. The normalized spacial score (nSPS) is 14.2. The Labute approximate surface area is 194 Å².